The number of carbonyl (C=O) groups is 3. The Labute approximate surface area is 193 Å². The van der Waals surface area contributed by atoms with Crippen molar-refractivity contribution in [2.24, 2.45) is 0 Å². The zero-order valence-electron chi connectivity index (χ0n) is 16.9. The van der Waals surface area contributed by atoms with Gasteiger partial charge in [-0.2, -0.15) is 0 Å². The SMILES string of the molecule is C#CCOc1c(I)cc(/C=C2\C(=O)NC(=O)N(c3ccccc3C)C2=O)cc1OCC. The van der Waals surface area contributed by atoms with Gasteiger partial charge in [-0.1, -0.05) is 24.1 Å². The quantitative estimate of drug-likeness (QED) is 0.267. The van der Waals surface area contributed by atoms with Gasteiger partial charge in [-0.3, -0.25) is 14.9 Å². The fourth-order valence-corrected chi connectivity index (χ4v) is 3.83. The van der Waals surface area contributed by atoms with E-state index in [4.69, 9.17) is 15.9 Å². The van der Waals surface area contributed by atoms with Crippen molar-refractivity contribution < 1.29 is 23.9 Å². The molecule has 1 aliphatic heterocycles. The number of rotatable bonds is 6. The zero-order valence-corrected chi connectivity index (χ0v) is 19.1. The molecule has 1 heterocycles. The van der Waals surface area contributed by atoms with Crippen molar-refractivity contribution in [3.8, 4) is 23.8 Å². The summed E-state index contributed by atoms with van der Waals surface area (Å²) in [6.07, 6.45) is 6.70. The van der Waals surface area contributed by atoms with Crippen LogP contribution in [0.2, 0.25) is 0 Å². The van der Waals surface area contributed by atoms with E-state index in [0.717, 1.165) is 10.5 Å². The van der Waals surface area contributed by atoms with Crippen LogP contribution in [0.3, 0.4) is 0 Å². The van der Waals surface area contributed by atoms with E-state index < -0.39 is 17.8 Å². The molecule has 2 aromatic carbocycles. The molecule has 2 aromatic rings. The topological polar surface area (TPSA) is 84.9 Å². The number of para-hydroxylation sites is 1. The number of hydrogen-bond acceptors (Lipinski definition) is 5. The van der Waals surface area contributed by atoms with Crippen LogP contribution in [0.1, 0.15) is 18.1 Å². The van der Waals surface area contributed by atoms with Crippen LogP contribution in [-0.4, -0.2) is 31.1 Å². The molecule has 0 aliphatic carbocycles. The molecule has 1 fully saturated rings. The summed E-state index contributed by atoms with van der Waals surface area (Å²) in [7, 11) is 0. The average molecular weight is 530 g/mol. The van der Waals surface area contributed by atoms with Gasteiger partial charge in [0.25, 0.3) is 11.8 Å². The van der Waals surface area contributed by atoms with Crippen LogP contribution < -0.4 is 19.7 Å². The van der Waals surface area contributed by atoms with E-state index in [0.29, 0.717) is 32.9 Å². The van der Waals surface area contributed by atoms with Gasteiger partial charge >= 0.3 is 6.03 Å². The summed E-state index contributed by atoms with van der Waals surface area (Å²) in [5.74, 6) is 1.86. The number of carbonyl (C=O) groups excluding carboxylic acids is 3. The predicted molar refractivity (Wildman–Crippen MR) is 125 cm³/mol. The van der Waals surface area contributed by atoms with Crippen LogP contribution >= 0.6 is 22.6 Å². The number of anilines is 1. The Morgan fingerprint density at radius 3 is 2.61 bits per heavy atom. The van der Waals surface area contributed by atoms with Crippen molar-refractivity contribution in [1.29, 1.82) is 0 Å². The molecule has 1 aliphatic rings. The van der Waals surface area contributed by atoms with E-state index in [2.05, 4.69) is 33.8 Å². The fourth-order valence-electron chi connectivity index (χ4n) is 3.05. The molecule has 4 amide bonds. The first-order chi connectivity index (χ1) is 14.9. The molecule has 1 N–H and O–H groups in total. The number of benzene rings is 2. The number of halogens is 1. The lowest BCUT2D eigenvalue weighted by molar-refractivity contribution is -0.122. The average Bonchev–Trinajstić information content (AvgIpc) is 2.72. The Morgan fingerprint density at radius 1 is 1.19 bits per heavy atom. The smallest absolute Gasteiger partial charge is 0.335 e. The molecule has 31 heavy (non-hydrogen) atoms. The van der Waals surface area contributed by atoms with Crippen molar-refractivity contribution in [3.63, 3.8) is 0 Å². The molecule has 3 rings (SSSR count). The van der Waals surface area contributed by atoms with Crippen LogP contribution in [0.25, 0.3) is 6.08 Å². The van der Waals surface area contributed by atoms with Crippen molar-refractivity contribution >= 4 is 52.2 Å². The normalized spacial score (nSPS) is 15.0. The molecule has 1 saturated heterocycles. The minimum Gasteiger partial charge on any atom is -0.490 e. The monoisotopic (exact) mass is 530 g/mol. The molecule has 8 heteroatoms. The van der Waals surface area contributed by atoms with Crippen molar-refractivity contribution in [3.05, 3.63) is 56.7 Å². The fraction of sp³-hybridized carbons (Fsp3) is 0.174. The van der Waals surface area contributed by atoms with Crippen LogP contribution in [0, 0.1) is 22.8 Å². The highest BCUT2D eigenvalue weighted by atomic mass is 127. The summed E-state index contributed by atoms with van der Waals surface area (Å²) in [6, 6.07) is 9.54. The van der Waals surface area contributed by atoms with Crippen LogP contribution in [0.15, 0.2) is 42.0 Å². The Morgan fingerprint density at radius 2 is 1.94 bits per heavy atom. The van der Waals surface area contributed by atoms with Crippen LogP contribution in [0.4, 0.5) is 10.5 Å². The molecule has 158 valence electrons. The van der Waals surface area contributed by atoms with Crippen molar-refractivity contribution in [2.75, 3.05) is 18.1 Å². The molecule has 0 saturated carbocycles. The number of amides is 4. The molecular formula is C23H19IN2O5. The zero-order chi connectivity index (χ0) is 22.5. The van der Waals surface area contributed by atoms with Gasteiger partial charge in [-0.15, -0.1) is 6.42 Å². The highest BCUT2D eigenvalue weighted by Crippen LogP contribution is 2.35. The van der Waals surface area contributed by atoms with Gasteiger partial charge in [-0.05, 0) is 71.8 Å². The standard InChI is InChI=1S/C23H19IN2O5/c1-4-10-31-20-17(24)12-15(13-19(20)30-5-2)11-16-21(27)25-23(29)26(22(16)28)18-9-7-6-8-14(18)3/h1,6-9,11-13H,5,10H2,2-3H3,(H,25,27,29)/b16-11+. The molecule has 0 unspecified atom stereocenters. The first-order valence-electron chi connectivity index (χ1n) is 9.37. The van der Waals surface area contributed by atoms with E-state index >= 15 is 0 Å². The minimum absolute atomic E-state index is 0.0743. The third-order valence-electron chi connectivity index (χ3n) is 4.40. The predicted octanol–water partition coefficient (Wildman–Crippen LogP) is 3.68. The van der Waals surface area contributed by atoms with Gasteiger partial charge in [-0.25, -0.2) is 9.69 Å². The number of nitrogens with zero attached hydrogens (tertiary/aromatic N) is 1. The second kappa shape index (κ2) is 9.66. The van der Waals surface area contributed by atoms with Gasteiger partial charge in [0.15, 0.2) is 11.5 Å². The third-order valence-corrected chi connectivity index (χ3v) is 5.20. The summed E-state index contributed by atoms with van der Waals surface area (Å²) in [4.78, 5) is 38.9. The Kier molecular flexibility index (Phi) is 6.97. The van der Waals surface area contributed by atoms with E-state index in [-0.39, 0.29) is 12.2 Å². The van der Waals surface area contributed by atoms with Crippen molar-refractivity contribution in [1.82, 2.24) is 5.32 Å². The summed E-state index contributed by atoms with van der Waals surface area (Å²) in [5.41, 5.74) is 1.51. The Bertz CT molecular complexity index is 1130. The van der Waals surface area contributed by atoms with Gasteiger partial charge in [0.05, 0.1) is 15.9 Å². The van der Waals surface area contributed by atoms with Gasteiger partial charge in [0.1, 0.15) is 12.2 Å². The van der Waals surface area contributed by atoms with Crippen molar-refractivity contribution in [2.45, 2.75) is 13.8 Å². The third kappa shape index (κ3) is 4.72. The number of aryl methyl sites for hydroxylation is 1. The molecule has 7 nitrogen and oxygen atoms in total. The van der Waals surface area contributed by atoms with Gasteiger partial charge in [0, 0.05) is 0 Å². The van der Waals surface area contributed by atoms with E-state index in [9.17, 15) is 14.4 Å². The molecule has 0 aromatic heterocycles. The number of hydrogen-bond donors (Lipinski definition) is 1. The first-order valence-corrected chi connectivity index (χ1v) is 10.4. The Balaban J connectivity index is 2.04. The highest BCUT2D eigenvalue weighted by molar-refractivity contribution is 14.1. The number of ether oxygens (including phenoxy) is 2. The molecule has 0 radical (unpaired) electrons. The number of nitrogens with one attached hydrogen (secondary N) is 1. The summed E-state index contributed by atoms with van der Waals surface area (Å²) in [6.45, 7) is 4.07. The molecular weight excluding hydrogens is 511 g/mol. The molecule has 0 bridgehead atoms. The summed E-state index contributed by atoms with van der Waals surface area (Å²) < 4.78 is 11.9. The lowest BCUT2D eigenvalue weighted by Gasteiger charge is -2.27. The number of imide groups is 2. The maximum absolute atomic E-state index is 13.1. The van der Waals surface area contributed by atoms with E-state index in [1.807, 2.05) is 6.92 Å². The summed E-state index contributed by atoms with van der Waals surface area (Å²) >= 11 is 2.06. The number of terminal acetylenes is 1. The molecule has 0 atom stereocenters. The lowest BCUT2D eigenvalue weighted by Crippen LogP contribution is -2.54. The maximum Gasteiger partial charge on any atom is 0.335 e. The van der Waals surface area contributed by atoms with Crippen LogP contribution in [-0.2, 0) is 9.59 Å². The largest absolute Gasteiger partial charge is 0.490 e. The number of urea groups is 1. The van der Waals surface area contributed by atoms with Gasteiger partial charge < -0.3 is 9.47 Å². The van der Waals surface area contributed by atoms with Crippen LogP contribution in [0.5, 0.6) is 11.5 Å². The van der Waals surface area contributed by atoms with E-state index in [1.165, 1.54) is 6.08 Å². The second-order valence-corrected chi connectivity index (χ2v) is 7.66. The van der Waals surface area contributed by atoms with Gasteiger partial charge in [0.2, 0.25) is 0 Å². The number of barbiturate groups is 1. The maximum atomic E-state index is 13.1. The Hall–Kier alpha value is -3.32. The first kappa shape index (κ1) is 22.4. The minimum atomic E-state index is -0.788. The second-order valence-electron chi connectivity index (χ2n) is 6.50. The molecule has 0 spiro atoms. The lowest BCUT2D eigenvalue weighted by atomic mass is 10.1. The van der Waals surface area contributed by atoms with E-state index in [1.54, 1.807) is 43.3 Å². The highest BCUT2D eigenvalue weighted by Gasteiger charge is 2.37. The summed E-state index contributed by atoms with van der Waals surface area (Å²) in [5, 5.41) is 2.23.